The van der Waals surface area contributed by atoms with Gasteiger partial charge in [0.2, 0.25) is 0 Å². The van der Waals surface area contributed by atoms with Crippen molar-refractivity contribution in [1.82, 2.24) is 9.78 Å². The van der Waals surface area contributed by atoms with Gasteiger partial charge >= 0.3 is 11.9 Å². The van der Waals surface area contributed by atoms with Crippen LogP contribution in [0.1, 0.15) is 40.2 Å². The van der Waals surface area contributed by atoms with Gasteiger partial charge in [-0.1, -0.05) is 18.2 Å². The Morgan fingerprint density at radius 2 is 1.75 bits per heavy atom. The molecule has 0 aliphatic rings. The van der Waals surface area contributed by atoms with Crippen molar-refractivity contribution in [3.63, 3.8) is 0 Å². The Hall–Kier alpha value is -4.45. The van der Waals surface area contributed by atoms with Crippen LogP contribution in [0.4, 0.5) is 5.69 Å². The Bertz CT molecular complexity index is 1260. The number of ether oxygens (including phenoxy) is 2. The van der Waals surface area contributed by atoms with Crippen LogP contribution in [-0.4, -0.2) is 47.9 Å². The lowest BCUT2D eigenvalue weighted by atomic mass is 10.1. The summed E-state index contributed by atoms with van der Waals surface area (Å²) in [6.07, 6.45) is 0.954. The van der Waals surface area contributed by atoms with Crippen LogP contribution in [0.3, 0.4) is 0 Å². The minimum absolute atomic E-state index is 0.159. The molecule has 1 heterocycles. The zero-order valence-electron chi connectivity index (χ0n) is 20.6. The van der Waals surface area contributed by atoms with Crippen molar-refractivity contribution in [1.29, 1.82) is 5.26 Å². The van der Waals surface area contributed by atoms with Crippen molar-refractivity contribution in [3.8, 4) is 11.8 Å². The average Bonchev–Trinajstić information content (AvgIpc) is 3.19. The van der Waals surface area contributed by atoms with E-state index in [-0.39, 0.29) is 25.4 Å². The summed E-state index contributed by atoms with van der Waals surface area (Å²) in [5.41, 5.74) is 4.37. The molecule has 0 aliphatic carbocycles. The SMILES string of the molecule is COC(=O)CCc1c(C)nn(-c2ccc(C(=O)OCC(=O)N(CCC#N)c3ccccc3)cc2)c1C. The Morgan fingerprint density at radius 3 is 2.39 bits per heavy atom. The van der Waals surface area contributed by atoms with Gasteiger partial charge in [-0.2, -0.15) is 10.4 Å². The van der Waals surface area contributed by atoms with Gasteiger partial charge in [0.15, 0.2) is 6.61 Å². The summed E-state index contributed by atoms with van der Waals surface area (Å²) < 4.78 is 11.7. The second-order valence-electron chi connectivity index (χ2n) is 8.05. The molecular formula is C27H28N4O5. The largest absolute Gasteiger partial charge is 0.469 e. The van der Waals surface area contributed by atoms with E-state index in [0.717, 1.165) is 22.6 Å². The van der Waals surface area contributed by atoms with E-state index >= 15 is 0 Å². The molecule has 3 aromatic rings. The number of hydrogen-bond donors (Lipinski definition) is 0. The molecule has 0 fully saturated rings. The van der Waals surface area contributed by atoms with Gasteiger partial charge in [0, 0.05) is 24.3 Å². The lowest BCUT2D eigenvalue weighted by molar-refractivity contribution is -0.140. The Balaban J connectivity index is 1.66. The minimum Gasteiger partial charge on any atom is -0.469 e. The van der Waals surface area contributed by atoms with Crippen LogP contribution in [0.2, 0.25) is 0 Å². The summed E-state index contributed by atoms with van der Waals surface area (Å²) in [6.45, 7) is 3.57. The van der Waals surface area contributed by atoms with E-state index in [4.69, 9.17) is 14.7 Å². The second kappa shape index (κ2) is 12.3. The van der Waals surface area contributed by atoms with Crippen LogP contribution >= 0.6 is 0 Å². The maximum absolute atomic E-state index is 12.7. The van der Waals surface area contributed by atoms with E-state index in [9.17, 15) is 14.4 Å². The van der Waals surface area contributed by atoms with Gasteiger partial charge in [0.25, 0.3) is 5.91 Å². The molecule has 9 heteroatoms. The topological polar surface area (TPSA) is 115 Å². The number of carbonyl (C=O) groups is 3. The zero-order chi connectivity index (χ0) is 26.1. The quantitative estimate of drug-likeness (QED) is 0.400. The maximum atomic E-state index is 12.7. The summed E-state index contributed by atoms with van der Waals surface area (Å²) >= 11 is 0. The van der Waals surface area contributed by atoms with Crippen molar-refractivity contribution in [2.45, 2.75) is 33.1 Å². The van der Waals surface area contributed by atoms with Crippen LogP contribution < -0.4 is 4.90 Å². The molecule has 186 valence electrons. The van der Waals surface area contributed by atoms with E-state index in [1.165, 1.54) is 12.0 Å². The summed E-state index contributed by atoms with van der Waals surface area (Å²) in [6, 6.07) is 17.7. The molecule has 2 aromatic carbocycles. The third-order valence-corrected chi connectivity index (χ3v) is 5.74. The number of para-hydroxylation sites is 1. The van der Waals surface area contributed by atoms with Crippen molar-refractivity contribution in [2.24, 2.45) is 0 Å². The number of rotatable bonds is 10. The molecule has 1 aromatic heterocycles. The lowest BCUT2D eigenvalue weighted by Crippen LogP contribution is -2.35. The van der Waals surface area contributed by atoms with E-state index in [1.54, 1.807) is 53.2 Å². The summed E-state index contributed by atoms with van der Waals surface area (Å²) in [4.78, 5) is 38.2. The van der Waals surface area contributed by atoms with E-state index in [2.05, 4.69) is 5.10 Å². The van der Waals surface area contributed by atoms with Crippen molar-refractivity contribution in [3.05, 3.63) is 77.1 Å². The van der Waals surface area contributed by atoms with Crippen molar-refractivity contribution in [2.75, 3.05) is 25.2 Å². The fourth-order valence-electron chi connectivity index (χ4n) is 3.81. The number of anilines is 1. The number of aromatic nitrogens is 2. The van der Waals surface area contributed by atoms with Gasteiger partial charge in [-0.05, 0) is 62.2 Å². The zero-order valence-corrected chi connectivity index (χ0v) is 20.6. The molecule has 1 amide bonds. The van der Waals surface area contributed by atoms with Crippen LogP contribution in [0, 0.1) is 25.2 Å². The first-order chi connectivity index (χ1) is 17.3. The minimum atomic E-state index is -0.629. The van der Waals surface area contributed by atoms with Crippen molar-refractivity contribution >= 4 is 23.5 Å². The molecule has 0 radical (unpaired) electrons. The predicted octanol–water partition coefficient (Wildman–Crippen LogP) is 3.70. The smallest absolute Gasteiger partial charge is 0.338 e. The number of hydrogen-bond acceptors (Lipinski definition) is 7. The first-order valence-electron chi connectivity index (χ1n) is 11.5. The maximum Gasteiger partial charge on any atom is 0.338 e. The first-order valence-corrected chi connectivity index (χ1v) is 11.5. The summed E-state index contributed by atoms with van der Waals surface area (Å²) in [5.74, 6) is -1.32. The molecule has 0 N–H and O–H groups in total. The number of benzene rings is 2. The molecule has 0 saturated carbocycles. The van der Waals surface area contributed by atoms with Gasteiger partial charge in [0.05, 0.1) is 36.5 Å². The number of esters is 2. The second-order valence-corrected chi connectivity index (χ2v) is 8.05. The van der Waals surface area contributed by atoms with Crippen LogP contribution in [-0.2, 0) is 25.5 Å². The highest BCUT2D eigenvalue weighted by molar-refractivity contribution is 5.97. The van der Waals surface area contributed by atoms with Crippen molar-refractivity contribution < 1.29 is 23.9 Å². The predicted molar refractivity (Wildman–Crippen MR) is 133 cm³/mol. The lowest BCUT2D eigenvalue weighted by Gasteiger charge is -2.21. The molecule has 0 aliphatic heterocycles. The monoisotopic (exact) mass is 488 g/mol. The first kappa shape index (κ1) is 26.2. The fraction of sp³-hybridized carbons (Fsp3) is 0.296. The third-order valence-electron chi connectivity index (χ3n) is 5.74. The van der Waals surface area contributed by atoms with Crippen LogP contribution in [0.25, 0.3) is 5.69 Å². The Morgan fingerprint density at radius 1 is 1.06 bits per heavy atom. The molecule has 0 saturated heterocycles. The van der Waals surface area contributed by atoms with Gasteiger partial charge in [-0.3, -0.25) is 9.59 Å². The van der Waals surface area contributed by atoms with Gasteiger partial charge < -0.3 is 14.4 Å². The molecule has 3 rings (SSSR count). The molecule has 0 bridgehead atoms. The van der Waals surface area contributed by atoms with Gasteiger partial charge in [-0.25, -0.2) is 9.48 Å². The van der Waals surface area contributed by atoms with Gasteiger partial charge in [-0.15, -0.1) is 0 Å². The number of aryl methyl sites for hydroxylation is 1. The molecule has 36 heavy (non-hydrogen) atoms. The third kappa shape index (κ3) is 6.36. The molecule has 0 atom stereocenters. The molecule has 0 unspecified atom stereocenters. The van der Waals surface area contributed by atoms with Crippen LogP contribution in [0.5, 0.6) is 0 Å². The molecular weight excluding hydrogens is 460 g/mol. The van der Waals surface area contributed by atoms with Gasteiger partial charge in [0.1, 0.15) is 0 Å². The van der Waals surface area contributed by atoms with Crippen LogP contribution in [0.15, 0.2) is 54.6 Å². The highest BCUT2D eigenvalue weighted by atomic mass is 16.5. The highest BCUT2D eigenvalue weighted by Gasteiger charge is 2.19. The highest BCUT2D eigenvalue weighted by Crippen LogP contribution is 2.20. The van der Waals surface area contributed by atoms with E-state index < -0.39 is 18.5 Å². The standard InChI is InChI=1S/C27H28N4O5/c1-19-24(14-15-26(33)35-3)20(2)31(29-19)23-12-10-21(11-13-23)27(34)36-18-25(32)30(17-7-16-28)22-8-5-4-6-9-22/h4-6,8-13H,7,14-15,17-18H2,1-3H3. The van der Waals surface area contributed by atoms with E-state index in [0.29, 0.717) is 17.7 Å². The number of nitrogens with zero attached hydrogens (tertiary/aromatic N) is 4. The summed E-state index contributed by atoms with van der Waals surface area (Å²) in [5, 5.41) is 13.5. The Labute approximate surface area is 209 Å². The summed E-state index contributed by atoms with van der Waals surface area (Å²) in [7, 11) is 1.36. The fourth-order valence-corrected chi connectivity index (χ4v) is 3.81. The number of methoxy groups -OCH3 is 1. The normalized spacial score (nSPS) is 10.4. The number of carbonyl (C=O) groups excluding carboxylic acids is 3. The molecule has 9 nitrogen and oxygen atoms in total. The number of nitriles is 1. The molecule has 0 spiro atoms. The Kier molecular flexibility index (Phi) is 8.95. The number of amides is 1. The van der Waals surface area contributed by atoms with E-state index in [1.807, 2.05) is 26.0 Å². The average molecular weight is 489 g/mol.